The Bertz CT molecular complexity index is 545. The van der Waals surface area contributed by atoms with Crippen molar-refractivity contribution >= 4 is 33.1 Å². The van der Waals surface area contributed by atoms with Gasteiger partial charge in [0, 0.05) is 22.7 Å². The van der Waals surface area contributed by atoms with Crippen molar-refractivity contribution in [1.29, 1.82) is 0 Å². The lowest BCUT2D eigenvalue weighted by atomic mass is 10.1. The fourth-order valence-corrected chi connectivity index (χ4v) is 6.14. The number of thiophene rings is 1. The van der Waals surface area contributed by atoms with Crippen LogP contribution in [0.25, 0.3) is 0 Å². The molecule has 19 heavy (non-hydrogen) atoms. The minimum atomic E-state index is -3.40. The highest BCUT2D eigenvalue weighted by Crippen LogP contribution is 2.37. The third kappa shape index (κ3) is 3.52. The van der Waals surface area contributed by atoms with Crippen molar-refractivity contribution in [1.82, 2.24) is 4.72 Å². The zero-order valence-electron chi connectivity index (χ0n) is 11.2. The summed E-state index contributed by atoms with van der Waals surface area (Å²) in [5.74, 6) is 1.12. The molecule has 2 heterocycles. The number of hydrogen-bond donors (Lipinski definition) is 2. The van der Waals surface area contributed by atoms with Crippen LogP contribution in [0.4, 0.5) is 0 Å². The summed E-state index contributed by atoms with van der Waals surface area (Å²) in [6.45, 7) is 4.90. The fourth-order valence-electron chi connectivity index (χ4n) is 2.12. The molecule has 0 aliphatic carbocycles. The van der Waals surface area contributed by atoms with E-state index in [1.807, 2.05) is 18.7 Å². The van der Waals surface area contributed by atoms with Crippen LogP contribution in [0.1, 0.15) is 30.2 Å². The normalized spacial score (nSPS) is 23.9. The SMILES string of the molecule is Cc1cc(S(=O)(=O)NCC2(C)CCCS2)sc1CN. The molecule has 0 amide bonds. The van der Waals surface area contributed by atoms with E-state index in [2.05, 4.69) is 11.6 Å². The molecular formula is C12H20N2O2S3. The van der Waals surface area contributed by atoms with Crippen LogP contribution in [-0.4, -0.2) is 25.5 Å². The minimum absolute atomic E-state index is 0.0378. The van der Waals surface area contributed by atoms with Gasteiger partial charge in [0.15, 0.2) is 0 Å². The summed E-state index contributed by atoms with van der Waals surface area (Å²) >= 11 is 3.12. The Balaban J connectivity index is 2.09. The molecule has 0 spiro atoms. The van der Waals surface area contributed by atoms with Gasteiger partial charge in [0.2, 0.25) is 10.0 Å². The third-order valence-electron chi connectivity index (χ3n) is 3.38. The molecule has 1 aromatic heterocycles. The van der Waals surface area contributed by atoms with Crippen molar-refractivity contribution in [3.05, 3.63) is 16.5 Å². The molecule has 1 aliphatic rings. The summed E-state index contributed by atoms with van der Waals surface area (Å²) in [5.41, 5.74) is 6.55. The van der Waals surface area contributed by atoms with E-state index in [9.17, 15) is 8.42 Å². The topological polar surface area (TPSA) is 72.2 Å². The maximum atomic E-state index is 12.3. The third-order valence-corrected chi connectivity index (χ3v) is 8.06. The van der Waals surface area contributed by atoms with Crippen molar-refractivity contribution in [3.63, 3.8) is 0 Å². The number of thioether (sulfide) groups is 1. The molecule has 2 rings (SSSR count). The number of rotatable bonds is 5. The van der Waals surface area contributed by atoms with Crippen LogP contribution in [0.2, 0.25) is 0 Å². The van der Waals surface area contributed by atoms with Gasteiger partial charge >= 0.3 is 0 Å². The second-order valence-electron chi connectivity index (χ2n) is 5.10. The zero-order valence-corrected chi connectivity index (χ0v) is 13.7. The van der Waals surface area contributed by atoms with Gasteiger partial charge in [0.05, 0.1) is 0 Å². The summed E-state index contributed by atoms with van der Waals surface area (Å²) in [7, 11) is -3.40. The van der Waals surface area contributed by atoms with Crippen LogP contribution in [0.5, 0.6) is 0 Å². The van der Waals surface area contributed by atoms with Crippen LogP contribution in [0.15, 0.2) is 10.3 Å². The molecule has 108 valence electrons. The Morgan fingerprint density at radius 1 is 1.53 bits per heavy atom. The van der Waals surface area contributed by atoms with Gasteiger partial charge in [-0.05, 0) is 44.1 Å². The number of hydrogen-bond acceptors (Lipinski definition) is 5. The molecule has 0 bridgehead atoms. The summed E-state index contributed by atoms with van der Waals surface area (Å²) < 4.78 is 27.7. The van der Waals surface area contributed by atoms with Crippen LogP contribution in [-0.2, 0) is 16.6 Å². The lowest BCUT2D eigenvalue weighted by Gasteiger charge is -2.22. The average Bonchev–Trinajstić information content (AvgIpc) is 2.94. The molecule has 0 saturated carbocycles. The first kappa shape index (κ1) is 15.3. The van der Waals surface area contributed by atoms with E-state index in [0.717, 1.165) is 22.6 Å². The van der Waals surface area contributed by atoms with E-state index in [1.165, 1.54) is 17.8 Å². The largest absolute Gasteiger partial charge is 0.326 e. The standard InChI is InChI=1S/C12H20N2O2S3/c1-9-6-11(18-10(9)7-13)19(15,16)14-8-12(2)4-3-5-17-12/h6,14H,3-5,7-8,13H2,1-2H3. The van der Waals surface area contributed by atoms with Crippen molar-refractivity contribution in [2.24, 2.45) is 5.73 Å². The fraction of sp³-hybridized carbons (Fsp3) is 0.667. The first-order valence-electron chi connectivity index (χ1n) is 6.29. The molecule has 1 atom stereocenters. The van der Waals surface area contributed by atoms with E-state index in [1.54, 1.807) is 6.07 Å². The van der Waals surface area contributed by atoms with E-state index >= 15 is 0 Å². The van der Waals surface area contributed by atoms with Crippen LogP contribution >= 0.6 is 23.1 Å². The zero-order chi connectivity index (χ0) is 14.1. The molecule has 1 aromatic rings. The quantitative estimate of drug-likeness (QED) is 0.871. The molecule has 3 N–H and O–H groups in total. The molecule has 1 fully saturated rings. The molecule has 1 saturated heterocycles. The Labute approximate surface area is 123 Å². The Morgan fingerprint density at radius 2 is 2.26 bits per heavy atom. The minimum Gasteiger partial charge on any atom is -0.326 e. The van der Waals surface area contributed by atoms with E-state index in [0.29, 0.717) is 17.3 Å². The van der Waals surface area contributed by atoms with E-state index in [-0.39, 0.29) is 4.75 Å². The monoisotopic (exact) mass is 320 g/mol. The van der Waals surface area contributed by atoms with E-state index in [4.69, 9.17) is 5.73 Å². The van der Waals surface area contributed by atoms with Crippen LogP contribution in [0.3, 0.4) is 0 Å². The maximum Gasteiger partial charge on any atom is 0.250 e. The molecule has 7 heteroatoms. The van der Waals surface area contributed by atoms with Crippen LogP contribution in [0, 0.1) is 6.92 Å². The Kier molecular flexibility index (Phi) is 4.62. The number of nitrogens with one attached hydrogen (secondary N) is 1. The lowest BCUT2D eigenvalue weighted by molar-refractivity contribution is 0.554. The molecule has 1 unspecified atom stereocenters. The van der Waals surface area contributed by atoms with Gasteiger partial charge in [-0.3, -0.25) is 0 Å². The van der Waals surface area contributed by atoms with Crippen molar-refractivity contribution in [3.8, 4) is 0 Å². The van der Waals surface area contributed by atoms with E-state index < -0.39 is 10.0 Å². The molecular weight excluding hydrogens is 300 g/mol. The highest BCUT2D eigenvalue weighted by atomic mass is 32.2. The van der Waals surface area contributed by atoms with Gasteiger partial charge in [-0.2, -0.15) is 11.8 Å². The van der Waals surface area contributed by atoms with Gasteiger partial charge in [-0.25, -0.2) is 13.1 Å². The smallest absolute Gasteiger partial charge is 0.250 e. The Hall–Kier alpha value is -0.0800. The van der Waals surface area contributed by atoms with Crippen molar-refractivity contribution < 1.29 is 8.42 Å². The molecule has 4 nitrogen and oxygen atoms in total. The predicted octanol–water partition coefficient (Wildman–Crippen LogP) is 2.08. The molecule has 0 radical (unpaired) electrons. The van der Waals surface area contributed by atoms with Gasteiger partial charge in [-0.1, -0.05) is 0 Å². The van der Waals surface area contributed by atoms with Gasteiger partial charge in [0.25, 0.3) is 0 Å². The summed E-state index contributed by atoms with van der Waals surface area (Å²) in [4.78, 5) is 0.932. The summed E-state index contributed by atoms with van der Waals surface area (Å²) in [6, 6.07) is 1.71. The van der Waals surface area contributed by atoms with Crippen molar-refractivity contribution in [2.75, 3.05) is 12.3 Å². The summed E-state index contributed by atoms with van der Waals surface area (Å²) in [6.07, 6.45) is 2.23. The predicted molar refractivity (Wildman–Crippen MR) is 82.2 cm³/mol. The number of aryl methyl sites for hydroxylation is 1. The highest BCUT2D eigenvalue weighted by Gasteiger charge is 2.31. The Morgan fingerprint density at radius 3 is 2.79 bits per heavy atom. The maximum absolute atomic E-state index is 12.3. The number of nitrogens with two attached hydrogens (primary N) is 1. The van der Waals surface area contributed by atoms with Crippen LogP contribution < -0.4 is 10.5 Å². The highest BCUT2D eigenvalue weighted by molar-refractivity contribution is 8.01. The average molecular weight is 321 g/mol. The molecule has 1 aliphatic heterocycles. The second kappa shape index (κ2) is 5.73. The van der Waals surface area contributed by atoms with Gasteiger partial charge < -0.3 is 5.73 Å². The first-order chi connectivity index (χ1) is 8.86. The lowest BCUT2D eigenvalue weighted by Crippen LogP contribution is -2.36. The number of sulfonamides is 1. The van der Waals surface area contributed by atoms with Crippen molar-refractivity contribution in [2.45, 2.75) is 42.2 Å². The second-order valence-corrected chi connectivity index (χ2v) is 9.92. The van der Waals surface area contributed by atoms with Gasteiger partial charge in [-0.15, -0.1) is 11.3 Å². The molecule has 0 aromatic carbocycles. The summed E-state index contributed by atoms with van der Waals surface area (Å²) in [5, 5.41) is 0. The first-order valence-corrected chi connectivity index (χ1v) is 9.58. The van der Waals surface area contributed by atoms with Gasteiger partial charge in [0.1, 0.15) is 4.21 Å².